The third-order valence-corrected chi connectivity index (χ3v) is 5.21. The van der Waals surface area contributed by atoms with Crippen LogP contribution in [-0.4, -0.2) is 52.8 Å². The zero-order valence-electron chi connectivity index (χ0n) is 23.8. The van der Waals surface area contributed by atoms with Crippen LogP contribution in [0, 0.1) is 0 Å². The molecule has 0 heterocycles. The number of amides is 1. The van der Waals surface area contributed by atoms with E-state index in [1.165, 1.54) is 0 Å². The Hall–Kier alpha value is -3.10. The number of aliphatic carboxylic acids is 1. The van der Waals surface area contributed by atoms with Crippen molar-refractivity contribution in [1.29, 1.82) is 0 Å². The zero-order valence-corrected chi connectivity index (χ0v) is 23.8. The summed E-state index contributed by atoms with van der Waals surface area (Å²) in [5, 5.41) is 11.5. The van der Waals surface area contributed by atoms with Crippen molar-refractivity contribution in [3.05, 3.63) is 29.8 Å². The zero-order chi connectivity index (χ0) is 28.8. The van der Waals surface area contributed by atoms with Gasteiger partial charge in [-0.3, -0.25) is 9.59 Å². The molecule has 1 atom stereocenters. The van der Waals surface area contributed by atoms with Gasteiger partial charge < -0.3 is 24.6 Å². The van der Waals surface area contributed by atoms with Crippen LogP contribution in [0.5, 0.6) is 5.75 Å². The highest BCUT2D eigenvalue weighted by atomic mass is 16.6. The summed E-state index contributed by atoms with van der Waals surface area (Å²) in [5.74, 6) is -1.91. The Kier molecular flexibility index (Phi) is 13.9. The van der Waals surface area contributed by atoms with Crippen molar-refractivity contribution in [3.63, 3.8) is 0 Å². The number of benzene rings is 1. The van der Waals surface area contributed by atoms with Crippen molar-refractivity contribution in [2.24, 2.45) is 0 Å². The summed E-state index contributed by atoms with van der Waals surface area (Å²) < 4.78 is 16.3. The van der Waals surface area contributed by atoms with Crippen LogP contribution in [0.1, 0.15) is 110 Å². The summed E-state index contributed by atoms with van der Waals surface area (Å²) in [4.78, 5) is 47.5. The van der Waals surface area contributed by atoms with E-state index in [1.54, 1.807) is 45.0 Å². The van der Waals surface area contributed by atoms with Crippen LogP contribution >= 0.6 is 0 Å². The molecule has 1 aromatic rings. The average molecular weight is 536 g/mol. The number of hydrogen-bond acceptors (Lipinski definition) is 7. The maximum atomic E-state index is 12.2. The predicted octanol–water partition coefficient (Wildman–Crippen LogP) is 5.44. The van der Waals surface area contributed by atoms with Crippen molar-refractivity contribution >= 4 is 23.8 Å². The van der Waals surface area contributed by atoms with E-state index in [0.717, 1.165) is 38.5 Å². The number of carbonyl (C=O) groups is 4. The van der Waals surface area contributed by atoms with E-state index in [0.29, 0.717) is 24.3 Å². The summed E-state index contributed by atoms with van der Waals surface area (Å²) in [6.07, 6.45) is 6.33. The van der Waals surface area contributed by atoms with Gasteiger partial charge in [0.1, 0.15) is 23.0 Å². The van der Waals surface area contributed by atoms with Gasteiger partial charge in [0.15, 0.2) is 0 Å². The monoisotopic (exact) mass is 535 g/mol. The summed E-state index contributed by atoms with van der Waals surface area (Å²) in [7, 11) is 0. The van der Waals surface area contributed by atoms with E-state index in [9.17, 15) is 19.2 Å². The molecule has 0 aliphatic carbocycles. The number of ether oxygens (including phenoxy) is 3. The van der Waals surface area contributed by atoms with Crippen LogP contribution in [-0.2, 0) is 23.9 Å². The van der Waals surface area contributed by atoms with E-state index >= 15 is 0 Å². The van der Waals surface area contributed by atoms with Crippen LogP contribution in [0.25, 0.3) is 0 Å². The molecule has 0 unspecified atom stereocenters. The molecular formula is C29H45NO8. The molecule has 0 aliphatic rings. The van der Waals surface area contributed by atoms with E-state index in [2.05, 4.69) is 5.32 Å². The van der Waals surface area contributed by atoms with Crippen LogP contribution in [0.2, 0.25) is 0 Å². The number of carboxylic acid groups (broad SMARTS) is 1. The van der Waals surface area contributed by atoms with E-state index < -0.39 is 35.6 Å². The second-order valence-electron chi connectivity index (χ2n) is 11.4. The highest BCUT2D eigenvalue weighted by molar-refractivity contribution is 5.90. The average Bonchev–Trinajstić information content (AvgIpc) is 2.77. The summed E-state index contributed by atoms with van der Waals surface area (Å²) in [5.41, 5.74) is -0.802. The smallest absolute Gasteiger partial charge is 0.338 e. The summed E-state index contributed by atoms with van der Waals surface area (Å²) >= 11 is 0. The third-order valence-electron chi connectivity index (χ3n) is 5.21. The lowest BCUT2D eigenvalue weighted by Gasteiger charge is -2.23. The Morgan fingerprint density at radius 1 is 0.789 bits per heavy atom. The normalized spacial score (nSPS) is 12.4. The highest BCUT2D eigenvalue weighted by Gasteiger charge is 2.28. The Labute approximate surface area is 226 Å². The summed E-state index contributed by atoms with van der Waals surface area (Å²) in [6, 6.07) is 5.75. The lowest BCUT2D eigenvalue weighted by atomic mass is 10.1. The Morgan fingerprint density at radius 2 is 1.32 bits per heavy atom. The molecule has 0 aliphatic heterocycles. The minimum absolute atomic E-state index is 0.236. The number of hydrogen-bond donors (Lipinski definition) is 2. The molecule has 1 amide bonds. The van der Waals surface area contributed by atoms with Crippen molar-refractivity contribution < 1.29 is 38.5 Å². The van der Waals surface area contributed by atoms with Gasteiger partial charge in [-0.1, -0.05) is 32.1 Å². The molecule has 0 aromatic heterocycles. The Bertz CT molecular complexity index is 897. The molecule has 38 heavy (non-hydrogen) atoms. The van der Waals surface area contributed by atoms with E-state index in [-0.39, 0.29) is 18.3 Å². The standard InChI is InChI=1S/C29H45NO8/c1-28(2,3)37-26(34)21-15-17-22(18-16-21)36-19-13-11-9-7-8-10-12-14-24(31)30-23(20-25(32)33)27(35)38-29(4,5)6/h15-18,23H,7-14,19-20H2,1-6H3,(H,30,31)(H,32,33)/t23-/m0/s1. The second kappa shape index (κ2) is 16.0. The molecule has 0 fully saturated rings. The minimum atomic E-state index is -1.19. The molecule has 0 saturated heterocycles. The van der Waals surface area contributed by atoms with Gasteiger partial charge >= 0.3 is 17.9 Å². The van der Waals surface area contributed by atoms with Gasteiger partial charge in [0, 0.05) is 6.42 Å². The second-order valence-corrected chi connectivity index (χ2v) is 11.4. The van der Waals surface area contributed by atoms with Crippen LogP contribution < -0.4 is 10.1 Å². The maximum absolute atomic E-state index is 12.2. The largest absolute Gasteiger partial charge is 0.494 e. The van der Waals surface area contributed by atoms with Gasteiger partial charge in [0.05, 0.1) is 18.6 Å². The predicted molar refractivity (Wildman–Crippen MR) is 144 cm³/mol. The van der Waals surface area contributed by atoms with Gasteiger partial charge in [-0.25, -0.2) is 9.59 Å². The fourth-order valence-electron chi connectivity index (χ4n) is 3.49. The van der Waals surface area contributed by atoms with Crippen molar-refractivity contribution in [3.8, 4) is 5.75 Å². The fourth-order valence-corrected chi connectivity index (χ4v) is 3.49. The molecule has 0 bridgehead atoms. The molecule has 2 N–H and O–H groups in total. The maximum Gasteiger partial charge on any atom is 0.338 e. The minimum Gasteiger partial charge on any atom is -0.494 e. The van der Waals surface area contributed by atoms with Crippen LogP contribution in [0.3, 0.4) is 0 Å². The SMILES string of the molecule is CC(C)(C)OC(=O)c1ccc(OCCCCCCCCCC(=O)N[C@@H](CC(=O)O)C(=O)OC(C)(C)C)cc1. The summed E-state index contributed by atoms with van der Waals surface area (Å²) in [6.45, 7) is 11.2. The molecule has 1 aromatic carbocycles. The van der Waals surface area contributed by atoms with E-state index in [1.807, 2.05) is 20.8 Å². The van der Waals surface area contributed by atoms with Gasteiger partial charge in [-0.15, -0.1) is 0 Å². The van der Waals surface area contributed by atoms with Gasteiger partial charge in [0.2, 0.25) is 5.91 Å². The molecule has 9 nitrogen and oxygen atoms in total. The molecule has 0 spiro atoms. The lowest BCUT2D eigenvalue weighted by molar-refractivity contribution is -0.161. The fraction of sp³-hybridized carbons (Fsp3) is 0.655. The molecule has 0 saturated carbocycles. The van der Waals surface area contributed by atoms with Crippen LogP contribution in [0.15, 0.2) is 24.3 Å². The van der Waals surface area contributed by atoms with Gasteiger partial charge in [0.25, 0.3) is 0 Å². The number of rotatable bonds is 16. The molecule has 214 valence electrons. The molecule has 9 heteroatoms. The molecule has 0 radical (unpaired) electrons. The number of carbonyl (C=O) groups excluding carboxylic acids is 3. The molecular weight excluding hydrogens is 490 g/mol. The van der Waals surface area contributed by atoms with Gasteiger partial charge in [-0.2, -0.15) is 0 Å². The Balaban J connectivity index is 2.16. The number of unbranched alkanes of at least 4 members (excludes halogenated alkanes) is 6. The van der Waals surface area contributed by atoms with Crippen molar-refractivity contribution in [2.75, 3.05) is 6.61 Å². The first-order valence-electron chi connectivity index (χ1n) is 13.4. The topological polar surface area (TPSA) is 128 Å². The first-order chi connectivity index (χ1) is 17.7. The quantitative estimate of drug-likeness (QED) is 0.211. The van der Waals surface area contributed by atoms with Crippen molar-refractivity contribution in [1.82, 2.24) is 5.32 Å². The van der Waals surface area contributed by atoms with Gasteiger partial charge in [-0.05, 0) is 78.6 Å². The first kappa shape index (κ1) is 32.9. The van der Waals surface area contributed by atoms with Crippen molar-refractivity contribution in [2.45, 2.75) is 117 Å². The van der Waals surface area contributed by atoms with E-state index in [4.69, 9.17) is 19.3 Å². The highest BCUT2D eigenvalue weighted by Crippen LogP contribution is 2.17. The number of carboxylic acids is 1. The first-order valence-corrected chi connectivity index (χ1v) is 13.4. The third kappa shape index (κ3) is 15.9. The molecule has 1 rings (SSSR count). The number of nitrogens with one attached hydrogen (secondary N) is 1. The van der Waals surface area contributed by atoms with Crippen LogP contribution in [0.4, 0.5) is 0 Å². The lowest BCUT2D eigenvalue weighted by Crippen LogP contribution is -2.45. The number of esters is 2. The Morgan fingerprint density at radius 3 is 1.84 bits per heavy atom.